The van der Waals surface area contributed by atoms with Crippen molar-refractivity contribution in [2.45, 2.75) is 52.1 Å². The summed E-state index contributed by atoms with van der Waals surface area (Å²) in [5.41, 5.74) is 0. The summed E-state index contributed by atoms with van der Waals surface area (Å²) in [5.74, 6) is 0.888. The molecule has 0 bridgehead atoms. The topological polar surface area (TPSA) is 40.5 Å². The third-order valence-corrected chi connectivity index (χ3v) is 2.92. The lowest BCUT2D eigenvalue weighted by molar-refractivity contribution is -0.134. The number of hydrogen-bond donors (Lipinski definition) is 1. The van der Waals surface area contributed by atoms with Crippen LogP contribution >= 0.6 is 0 Å². The molecule has 15 heavy (non-hydrogen) atoms. The normalized spacial score (nSPS) is 22.1. The lowest BCUT2D eigenvalue weighted by Gasteiger charge is -2.30. The molecule has 0 aromatic rings. The smallest absolute Gasteiger partial charge is 0.222 e. The number of amides is 1. The Hall–Kier alpha value is -0.570. The van der Waals surface area contributed by atoms with Gasteiger partial charge in [-0.2, -0.15) is 0 Å². The first-order valence-electron chi connectivity index (χ1n) is 6.05. The van der Waals surface area contributed by atoms with Gasteiger partial charge in [0, 0.05) is 19.5 Å². The van der Waals surface area contributed by atoms with Crippen LogP contribution in [0.3, 0.4) is 0 Å². The first kappa shape index (κ1) is 12.5. The number of rotatable bonds is 4. The molecule has 1 unspecified atom stereocenters. The largest absolute Gasteiger partial charge is 0.391 e. The van der Waals surface area contributed by atoms with Crippen LogP contribution in [0.4, 0.5) is 0 Å². The molecule has 0 aromatic carbocycles. The number of likely N-dealkylation sites (tertiary alicyclic amines) is 1. The van der Waals surface area contributed by atoms with Crippen molar-refractivity contribution in [1.82, 2.24) is 4.90 Å². The van der Waals surface area contributed by atoms with Crippen LogP contribution in [-0.4, -0.2) is 35.1 Å². The Morgan fingerprint density at radius 2 is 2.27 bits per heavy atom. The third-order valence-electron chi connectivity index (χ3n) is 2.92. The highest BCUT2D eigenvalue weighted by Crippen LogP contribution is 2.13. The van der Waals surface area contributed by atoms with E-state index in [2.05, 4.69) is 13.8 Å². The summed E-state index contributed by atoms with van der Waals surface area (Å²) in [7, 11) is 0. The van der Waals surface area contributed by atoms with Crippen molar-refractivity contribution in [1.29, 1.82) is 0 Å². The fraction of sp³-hybridized carbons (Fsp3) is 0.917. The van der Waals surface area contributed by atoms with Gasteiger partial charge in [-0.1, -0.05) is 20.3 Å². The molecular formula is C12H23NO2. The van der Waals surface area contributed by atoms with Crippen molar-refractivity contribution in [2.75, 3.05) is 13.1 Å². The molecule has 1 amide bonds. The zero-order chi connectivity index (χ0) is 11.3. The van der Waals surface area contributed by atoms with Crippen molar-refractivity contribution in [3.8, 4) is 0 Å². The van der Waals surface area contributed by atoms with E-state index in [4.69, 9.17) is 0 Å². The highest BCUT2D eigenvalue weighted by Gasteiger charge is 2.21. The van der Waals surface area contributed by atoms with E-state index >= 15 is 0 Å². The molecule has 1 aliphatic rings. The van der Waals surface area contributed by atoms with Crippen molar-refractivity contribution >= 4 is 5.91 Å². The maximum absolute atomic E-state index is 11.7. The fourth-order valence-corrected chi connectivity index (χ4v) is 2.00. The summed E-state index contributed by atoms with van der Waals surface area (Å²) in [4.78, 5) is 13.6. The second kappa shape index (κ2) is 6.11. The Labute approximate surface area is 92.5 Å². The Kier molecular flexibility index (Phi) is 5.09. The highest BCUT2D eigenvalue weighted by molar-refractivity contribution is 5.76. The predicted octanol–water partition coefficient (Wildman–Crippen LogP) is 1.80. The van der Waals surface area contributed by atoms with Crippen molar-refractivity contribution in [3.63, 3.8) is 0 Å². The number of carbonyl (C=O) groups excluding carboxylic acids is 1. The standard InChI is InChI=1S/C12H23NO2/c1-10(2)5-3-7-12(15)13-8-4-6-11(14)9-13/h10-11,14H,3-9H2,1-2H3. The minimum atomic E-state index is -0.298. The molecule has 3 nitrogen and oxygen atoms in total. The lowest BCUT2D eigenvalue weighted by Crippen LogP contribution is -2.42. The SMILES string of the molecule is CC(C)CCCC(=O)N1CCCC(O)C1. The maximum atomic E-state index is 11.7. The average Bonchev–Trinajstić information content (AvgIpc) is 2.17. The number of nitrogens with zero attached hydrogens (tertiary/aromatic N) is 1. The van der Waals surface area contributed by atoms with E-state index in [0.717, 1.165) is 32.2 Å². The molecule has 0 aromatic heterocycles. The number of piperidine rings is 1. The van der Waals surface area contributed by atoms with Gasteiger partial charge in [-0.15, -0.1) is 0 Å². The first-order chi connectivity index (χ1) is 7.09. The van der Waals surface area contributed by atoms with E-state index in [1.807, 2.05) is 4.90 Å². The van der Waals surface area contributed by atoms with Gasteiger partial charge in [0.15, 0.2) is 0 Å². The number of aliphatic hydroxyl groups excluding tert-OH is 1. The van der Waals surface area contributed by atoms with Crippen LogP contribution in [0.15, 0.2) is 0 Å². The summed E-state index contributed by atoms with van der Waals surface area (Å²) in [6, 6.07) is 0. The summed E-state index contributed by atoms with van der Waals surface area (Å²) < 4.78 is 0. The zero-order valence-electron chi connectivity index (χ0n) is 9.91. The van der Waals surface area contributed by atoms with Crippen LogP contribution < -0.4 is 0 Å². The molecule has 1 heterocycles. The summed E-state index contributed by atoms with van der Waals surface area (Å²) in [6.07, 6.45) is 4.22. The van der Waals surface area contributed by atoms with Gasteiger partial charge < -0.3 is 10.0 Å². The van der Waals surface area contributed by atoms with E-state index in [9.17, 15) is 9.90 Å². The number of aliphatic hydroxyl groups is 1. The van der Waals surface area contributed by atoms with Gasteiger partial charge in [-0.3, -0.25) is 4.79 Å². The molecule has 1 saturated heterocycles. The minimum Gasteiger partial charge on any atom is -0.391 e. The van der Waals surface area contributed by atoms with Crippen LogP contribution in [0.2, 0.25) is 0 Å². The van der Waals surface area contributed by atoms with Crippen LogP contribution in [0, 0.1) is 5.92 Å². The van der Waals surface area contributed by atoms with Crippen LogP contribution in [-0.2, 0) is 4.79 Å². The van der Waals surface area contributed by atoms with E-state index in [0.29, 0.717) is 18.9 Å². The number of hydrogen-bond acceptors (Lipinski definition) is 2. The molecule has 0 saturated carbocycles. The van der Waals surface area contributed by atoms with Gasteiger partial charge in [0.05, 0.1) is 6.10 Å². The van der Waals surface area contributed by atoms with Crippen molar-refractivity contribution in [2.24, 2.45) is 5.92 Å². The fourth-order valence-electron chi connectivity index (χ4n) is 2.00. The molecule has 1 aliphatic heterocycles. The molecular weight excluding hydrogens is 190 g/mol. The molecule has 1 rings (SSSR count). The van der Waals surface area contributed by atoms with Crippen LogP contribution in [0.5, 0.6) is 0 Å². The molecule has 88 valence electrons. The monoisotopic (exact) mass is 213 g/mol. The van der Waals surface area contributed by atoms with Crippen molar-refractivity contribution in [3.05, 3.63) is 0 Å². The summed E-state index contributed by atoms with van der Waals surface area (Å²) in [5, 5.41) is 9.45. The molecule has 0 aliphatic carbocycles. The maximum Gasteiger partial charge on any atom is 0.222 e. The van der Waals surface area contributed by atoms with E-state index < -0.39 is 0 Å². The third kappa shape index (κ3) is 4.65. The quantitative estimate of drug-likeness (QED) is 0.773. The Balaban J connectivity index is 2.21. The average molecular weight is 213 g/mol. The Morgan fingerprint density at radius 3 is 2.87 bits per heavy atom. The van der Waals surface area contributed by atoms with Gasteiger partial charge in [0.25, 0.3) is 0 Å². The first-order valence-corrected chi connectivity index (χ1v) is 6.05. The lowest BCUT2D eigenvalue weighted by atomic mass is 10.0. The van der Waals surface area contributed by atoms with Crippen molar-refractivity contribution < 1.29 is 9.90 Å². The Morgan fingerprint density at radius 1 is 1.53 bits per heavy atom. The van der Waals surface area contributed by atoms with Crippen LogP contribution in [0.25, 0.3) is 0 Å². The molecule has 1 atom stereocenters. The second-order valence-corrected chi connectivity index (χ2v) is 4.92. The van der Waals surface area contributed by atoms with Gasteiger partial charge in [0.1, 0.15) is 0 Å². The molecule has 0 radical (unpaired) electrons. The highest BCUT2D eigenvalue weighted by atomic mass is 16.3. The van der Waals surface area contributed by atoms with Gasteiger partial charge >= 0.3 is 0 Å². The minimum absolute atomic E-state index is 0.217. The van der Waals surface area contributed by atoms with E-state index in [1.54, 1.807) is 0 Å². The van der Waals surface area contributed by atoms with Gasteiger partial charge in [-0.05, 0) is 25.2 Å². The second-order valence-electron chi connectivity index (χ2n) is 4.92. The number of β-amino-alcohol motifs (C(OH)–C–C–N with tert-alkyl or cyclic N) is 1. The van der Waals surface area contributed by atoms with Crippen LogP contribution in [0.1, 0.15) is 46.0 Å². The van der Waals surface area contributed by atoms with Gasteiger partial charge in [0.2, 0.25) is 5.91 Å². The van der Waals surface area contributed by atoms with E-state index in [-0.39, 0.29) is 12.0 Å². The molecule has 0 spiro atoms. The number of carbonyl (C=O) groups is 1. The molecule has 1 fully saturated rings. The Bertz CT molecular complexity index is 204. The molecule has 1 N–H and O–H groups in total. The van der Waals surface area contributed by atoms with E-state index in [1.165, 1.54) is 0 Å². The zero-order valence-corrected chi connectivity index (χ0v) is 9.91. The van der Waals surface area contributed by atoms with Gasteiger partial charge in [-0.25, -0.2) is 0 Å². The molecule has 3 heteroatoms. The predicted molar refractivity (Wildman–Crippen MR) is 60.5 cm³/mol. The summed E-state index contributed by atoms with van der Waals surface area (Å²) >= 11 is 0. The summed E-state index contributed by atoms with van der Waals surface area (Å²) in [6.45, 7) is 5.72.